The summed E-state index contributed by atoms with van der Waals surface area (Å²) < 4.78 is 10.5. The van der Waals surface area contributed by atoms with Crippen LogP contribution in [0.5, 0.6) is 11.5 Å². The van der Waals surface area contributed by atoms with Gasteiger partial charge in [0.1, 0.15) is 17.7 Å². The molecule has 4 rings (SSSR count). The Kier molecular flexibility index (Phi) is 4.58. The van der Waals surface area contributed by atoms with Crippen molar-refractivity contribution in [1.29, 1.82) is 0 Å². The molecule has 0 radical (unpaired) electrons. The van der Waals surface area contributed by atoms with Crippen molar-refractivity contribution < 1.29 is 19.1 Å². The van der Waals surface area contributed by atoms with Crippen LogP contribution in [0.3, 0.4) is 0 Å². The van der Waals surface area contributed by atoms with E-state index in [0.29, 0.717) is 28.3 Å². The highest BCUT2D eigenvalue weighted by molar-refractivity contribution is 6.08. The normalized spacial score (nSPS) is 17.8. The Morgan fingerprint density at radius 1 is 1.11 bits per heavy atom. The molecule has 7 nitrogen and oxygen atoms in total. The minimum Gasteiger partial charge on any atom is -0.497 e. The molecule has 146 valence electrons. The van der Waals surface area contributed by atoms with Gasteiger partial charge in [-0.3, -0.25) is 9.59 Å². The van der Waals surface area contributed by atoms with E-state index >= 15 is 0 Å². The van der Waals surface area contributed by atoms with E-state index in [9.17, 15) is 9.59 Å². The lowest BCUT2D eigenvalue weighted by molar-refractivity contribution is 0.0719. The minimum atomic E-state index is -0.257. The second-order valence-corrected chi connectivity index (χ2v) is 7.02. The highest BCUT2D eigenvalue weighted by atomic mass is 16.5. The van der Waals surface area contributed by atoms with Crippen molar-refractivity contribution in [1.82, 2.24) is 4.90 Å². The molecular weight excluding hydrogens is 358 g/mol. The summed E-state index contributed by atoms with van der Waals surface area (Å²) in [5.41, 5.74) is 2.50. The average molecular weight is 381 g/mol. The average Bonchev–Trinajstić information content (AvgIpc) is 3.21. The number of nitrogens with one attached hydrogen (secondary N) is 1. The largest absolute Gasteiger partial charge is 0.497 e. The second-order valence-electron chi connectivity index (χ2n) is 7.02. The number of amides is 2. The molecule has 2 heterocycles. The molecule has 0 saturated carbocycles. The zero-order valence-corrected chi connectivity index (χ0v) is 16.2. The number of fused-ring (bicyclic) bond motifs is 2. The molecule has 0 aliphatic carbocycles. The van der Waals surface area contributed by atoms with Crippen LogP contribution < -0.4 is 19.7 Å². The third-order valence-electron chi connectivity index (χ3n) is 5.41. The van der Waals surface area contributed by atoms with E-state index < -0.39 is 0 Å². The summed E-state index contributed by atoms with van der Waals surface area (Å²) in [7, 11) is 5.09. The fourth-order valence-corrected chi connectivity index (χ4v) is 3.93. The molecule has 2 amide bonds. The van der Waals surface area contributed by atoms with Gasteiger partial charge in [-0.1, -0.05) is 0 Å². The Morgan fingerprint density at radius 2 is 1.82 bits per heavy atom. The van der Waals surface area contributed by atoms with Crippen LogP contribution >= 0.6 is 0 Å². The van der Waals surface area contributed by atoms with Crippen LogP contribution in [0.25, 0.3) is 0 Å². The number of benzene rings is 2. The van der Waals surface area contributed by atoms with Crippen LogP contribution in [0.1, 0.15) is 33.6 Å². The van der Waals surface area contributed by atoms with E-state index in [1.54, 1.807) is 50.6 Å². The molecule has 0 aromatic heterocycles. The van der Waals surface area contributed by atoms with E-state index in [4.69, 9.17) is 9.47 Å². The number of rotatable bonds is 4. The smallest absolute Gasteiger partial charge is 0.257 e. The standard InChI is InChI=1S/C21H23N3O4/c1-23-18-9-13(6-7-17(18)21(26)24-8-4-5-19(23)24)20(25)22-14-10-15(27-2)12-16(11-14)28-3/h6-7,9-12,19H,4-5,8H2,1-3H3,(H,22,25)/t19-/m1/s1. The maximum absolute atomic E-state index is 12.8. The van der Waals surface area contributed by atoms with Crippen LogP contribution in [-0.2, 0) is 0 Å². The molecular formula is C21H23N3O4. The number of methoxy groups -OCH3 is 2. The van der Waals surface area contributed by atoms with Crippen LogP contribution in [0.15, 0.2) is 36.4 Å². The zero-order valence-electron chi connectivity index (χ0n) is 16.2. The summed E-state index contributed by atoms with van der Waals surface area (Å²) in [6, 6.07) is 10.4. The van der Waals surface area contributed by atoms with Crippen molar-refractivity contribution in [3.8, 4) is 11.5 Å². The van der Waals surface area contributed by atoms with E-state index in [2.05, 4.69) is 10.2 Å². The molecule has 0 spiro atoms. The highest BCUT2D eigenvalue weighted by Crippen LogP contribution is 2.35. The summed E-state index contributed by atoms with van der Waals surface area (Å²) in [5.74, 6) is 0.964. The van der Waals surface area contributed by atoms with Crippen molar-refractivity contribution in [2.45, 2.75) is 19.0 Å². The van der Waals surface area contributed by atoms with Gasteiger partial charge in [0, 0.05) is 43.0 Å². The Morgan fingerprint density at radius 3 is 2.50 bits per heavy atom. The van der Waals surface area contributed by atoms with Crippen molar-refractivity contribution in [2.24, 2.45) is 0 Å². The molecule has 2 aromatic carbocycles. The van der Waals surface area contributed by atoms with E-state index in [1.807, 2.05) is 11.9 Å². The first-order valence-electron chi connectivity index (χ1n) is 9.24. The van der Waals surface area contributed by atoms with E-state index in [0.717, 1.165) is 25.1 Å². The molecule has 1 N–H and O–H groups in total. The van der Waals surface area contributed by atoms with Gasteiger partial charge in [-0.25, -0.2) is 0 Å². The Bertz CT molecular complexity index is 921. The molecule has 1 fully saturated rings. The molecule has 0 unspecified atom stereocenters. The fraction of sp³-hybridized carbons (Fsp3) is 0.333. The van der Waals surface area contributed by atoms with Gasteiger partial charge in [0.15, 0.2) is 0 Å². The first-order chi connectivity index (χ1) is 13.5. The molecule has 2 aromatic rings. The van der Waals surface area contributed by atoms with E-state index in [-0.39, 0.29) is 18.0 Å². The molecule has 28 heavy (non-hydrogen) atoms. The third kappa shape index (κ3) is 3.02. The molecule has 1 atom stereocenters. The van der Waals surface area contributed by atoms with Gasteiger partial charge in [-0.15, -0.1) is 0 Å². The van der Waals surface area contributed by atoms with Gasteiger partial charge >= 0.3 is 0 Å². The molecule has 2 aliphatic heterocycles. The van der Waals surface area contributed by atoms with Crippen molar-refractivity contribution >= 4 is 23.2 Å². The van der Waals surface area contributed by atoms with Gasteiger partial charge in [-0.2, -0.15) is 0 Å². The summed E-state index contributed by atoms with van der Waals surface area (Å²) >= 11 is 0. The molecule has 7 heteroatoms. The monoisotopic (exact) mass is 381 g/mol. The first kappa shape index (κ1) is 18.2. The number of anilines is 2. The van der Waals surface area contributed by atoms with Crippen molar-refractivity contribution in [3.05, 3.63) is 47.5 Å². The Balaban J connectivity index is 1.62. The maximum Gasteiger partial charge on any atom is 0.257 e. The highest BCUT2D eigenvalue weighted by Gasteiger charge is 2.38. The van der Waals surface area contributed by atoms with Crippen LogP contribution in [-0.4, -0.2) is 50.7 Å². The summed E-state index contributed by atoms with van der Waals surface area (Å²) in [5, 5.41) is 2.87. The Labute approximate surface area is 163 Å². The van der Waals surface area contributed by atoms with Gasteiger partial charge < -0.3 is 24.6 Å². The van der Waals surface area contributed by atoms with Gasteiger partial charge in [0.05, 0.1) is 25.5 Å². The maximum atomic E-state index is 12.8. The number of carbonyl (C=O) groups is 2. The predicted molar refractivity (Wildman–Crippen MR) is 106 cm³/mol. The minimum absolute atomic E-state index is 0.0418. The third-order valence-corrected chi connectivity index (χ3v) is 5.41. The van der Waals surface area contributed by atoms with Gasteiger partial charge in [0.2, 0.25) is 0 Å². The molecule has 2 aliphatic rings. The number of hydrogen-bond donors (Lipinski definition) is 1. The fourth-order valence-electron chi connectivity index (χ4n) is 3.93. The summed E-state index contributed by atoms with van der Waals surface area (Å²) in [4.78, 5) is 29.5. The van der Waals surface area contributed by atoms with Crippen molar-refractivity contribution in [2.75, 3.05) is 38.0 Å². The summed E-state index contributed by atoms with van der Waals surface area (Å²) in [6.45, 7) is 0.785. The van der Waals surface area contributed by atoms with E-state index in [1.165, 1.54) is 0 Å². The lowest BCUT2D eigenvalue weighted by Crippen LogP contribution is -2.50. The molecule has 1 saturated heterocycles. The van der Waals surface area contributed by atoms with Crippen LogP contribution in [0.4, 0.5) is 11.4 Å². The lowest BCUT2D eigenvalue weighted by atomic mass is 10.0. The lowest BCUT2D eigenvalue weighted by Gasteiger charge is -2.40. The topological polar surface area (TPSA) is 71.1 Å². The number of nitrogens with zero attached hydrogens (tertiary/aromatic N) is 2. The van der Waals surface area contributed by atoms with Gasteiger partial charge in [0.25, 0.3) is 11.8 Å². The zero-order chi connectivity index (χ0) is 19.8. The number of ether oxygens (including phenoxy) is 2. The van der Waals surface area contributed by atoms with Crippen molar-refractivity contribution in [3.63, 3.8) is 0 Å². The first-order valence-corrected chi connectivity index (χ1v) is 9.24. The van der Waals surface area contributed by atoms with Crippen LogP contribution in [0.2, 0.25) is 0 Å². The number of carbonyl (C=O) groups excluding carboxylic acids is 2. The Hall–Kier alpha value is -3.22. The SMILES string of the molecule is COc1cc(NC(=O)c2ccc3c(c2)N(C)[C@H]2CCCN2C3=O)cc(OC)c1. The van der Waals surface area contributed by atoms with Crippen LogP contribution in [0, 0.1) is 0 Å². The number of hydrogen-bond acceptors (Lipinski definition) is 5. The summed E-state index contributed by atoms with van der Waals surface area (Å²) in [6.07, 6.45) is 2.02. The van der Waals surface area contributed by atoms with Gasteiger partial charge in [-0.05, 0) is 31.0 Å². The quantitative estimate of drug-likeness (QED) is 0.882. The second kappa shape index (κ2) is 7.07. The predicted octanol–water partition coefficient (Wildman–Crippen LogP) is 2.97. The molecule has 0 bridgehead atoms.